The summed E-state index contributed by atoms with van der Waals surface area (Å²) in [6.45, 7) is 0. The van der Waals surface area contributed by atoms with Crippen LogP contribution in [0.25, 0.3) is 0 Å². The smallest absolute Gasteiger partial charge is 0.305 e. The predicted molar refractivity (Wildman–Crippen MR) is 71.1 cm³/mol. The third-order valence-electron chi connectivity index (χ3n) is 2.71. The van der Waals surface area contributed by atoms with E-state index >= 15 is 0 Å². The molecule has 0 radical (unpaired) electrons. The Morgan fingerprint density at radius 2 is 1.65 bits per heavy atom. The summed E-state index contributed by atoms with van der Waals surface area (Å²) in [5, 5.41) is 20.0. The first kappa shape index (κ1) is 15.7. The van der Waals surface area contributed by atoms with E-state index in [-0.39, 0.29) is 31.6 Å². The Kier molecular flexibility index (Phi) is 6.22. The zero-order valence-electron chi connectivity index (χ0n) is 10.9. The molecule has 0 heterocycles. The molecule has 0 saturated heterocycles. The SMILES string of the molecule is O=C(O)CCCC(=O)NC(CC(=O)O)c1ccccc1. The van der Waals surface area contributed by atoms with E-state index in [0.717, 1.165) is 0 Å². The number of aliphatic carboxylic acids is 2. The van der Waals surface area contributed by atoms with Crippen LogP contribution in [-0.2, 0) is 14.4 Å². The van der Waals surface area contributed by atoms with Gasteiger partial charge >= 0.3 is 11.9 Å². The Bertz CT molecular complexity index is 472. The maximum atomic E-state index is 11.7. The maximum absolute atomic E-state index is 11.7. The third-order valence-corrected chi connectivity index (χ3v) is 2.71. The van der Waals surface area contributed by atoms with E-state index in [1.54, 1.807) is 30.3 Å². The number of benzene rings is 1. The van der Waals surface area contributed by atoms with E-state index in [1.165, 1.54) is 0 Å². The monoisotopic (exact) mass is 279 g/mol. The molecule has 0 aliphatic carbocycles. The second-order valence-corrected chi connectivity index (χ2v) is 4.38. The molecule has 3 N–H and O–H groups in total. The van der Waals surface area contributed by atoms with Gasteiger partial charge in [-0.2, -0.15) is 0 Å². The molecular formula is C14H17NO5. The zero-order valence-corrected chi connectivity index (χ0v) is 10.9. The van der Waals surface area contributed by atoms with Crippen LogP contribution in [0.1, 0.15) is 37.3 Å². The molecule has 1 aromatic rings. The first-order valence-electron chi connectivity index (χ1n) is 6.27. The summed E-state index contributed by atoms with van der Waals surface area (Å²) in [5.74, 6) is -2.31. The van der Waals surface area contributed by atoms with E-state index < -0.39 is 18.0 Å². The van der Waals surface area contributed by atoms with Gasteiger partial charge in [0.25, 0.3) is 0 Å². The molecule has 1 amide bonds. The van der Waals surface area contributed by atoms with Gasteiger partial charge in [0.15, 0.2) is 0 Å². The molecule has 1 aromatic carbocycles. The Labute approximate surface area is 116 Å². The van der Waals surface area contributed by atoms with Crippen molar-refractivity contribution in [3.8, 4) is 0 Å². The summed E-state index contributed by atoms with van der Waals surface area (Å²) in [6.07, 6.45) is 0.00202. The lowest BCUT2D eigenvalue weighted by molar-refractivity contribution is -0.138. The summed E-state index contributed by atoms with van der Waals surface area (Å²) in [7, 11) is 0. The molecule has 6 heteroatoms. The molecule has 0 spiro atoms. The Hall–Kier alpha value is -2.37. The van der Waals surface area contributed by atoms with Gasteiger partial charge in [-0.25, -0.2) is 0 Å². The van der Waals surface area contributed by atoms with Gasteiger partial charge in [-0.3, -0.25) is 14.4 Å². The van der Waals surface area contributed by atoms with Crippen LogP contribution >= 0.6 is 0 Å². The van der Waals surface area contributed by atoms with Crippen molar-refractivity contribution < 1.29 is 24.6 Å². The summed E-state index contributed by atoms with van der Waals surface area (Å²) in [6, 6.07) is 8.21. The van der Waals surface area contributed by atoms with E-state index in [2.05, 4.69) is 5.32 Å². The second kappa shape index (κ2) is 7.93. The van der Waals surface area contributed by atoms with Crippen LogP contribution in [0, 0.1) is 0 Å². The standard InChI is InChI=1S/C14H17NO5/c16-12(7-4-8-13(17)18)15-11(9-14(19)20)10-5-2-1-3-6-10/h1-3,5-6,11H,4,7-9H2,(H,15,16)(H,17,18)(H,19,20). The van der Waals surface area contributed by atoms with Crippen molar-refractivity contribution in [3.63, 3.8) is 0 Å². The number of carbonyl (C=O) groups excluding carboxylic acids is 1. The molecule has 0 saturated carbocycles. The first-order valence-corrected chi connectivity index (χ1v) is 6.27. The summed E-state index contributed by atoms with van der Waals surface area (Å²) < 4.78 is 0. The number of carboxylic acid groups (broad SMARTS) is 2. The van der Waals surface area contributed by atoms with Crippen molar-refractivity contribution in [2.24, 2.45) is 0 Å². The van der Waals surface area contributed by atoms with Crippen LogP contribution in [0.5, 0.6) is 0 Å². The van der Waals surface area contributed by atoms with Crippen LogP contribution in [0.3, 0.4) is 0 Å². The van der Waals surface area contributed by atoms with Crippen molar-refractivity contribution in [3.05, 3.63) is 35.9 Å². The third kappa shape index (κ3) is 5.99. The minimum Gasteiger partial charge on any atom is -0.481 e. The molecule has 6 nitrogen and oxygen atoms in total. The van der Waals surface area contributed by atoms with E-state index in [0.29, 0.717) is 5.56 Å². The van der Waals surface area contributed by atoms with Crippen molar-refractivity contribution in [2.75, 3.05) is 0 Å². The number of hydrogen-bond donors (Lipinski definition) is 3. The molecule has 0 aliphatic rings. The lowest BCUT2D eigenvalue weighted by Gasteiger charge is -2.17. The molecule has 0 aromatic heterocycles. The molecular weight excluding hydrogens is 262 g/mol. The van der Waals surface area contributed by atoms with E-state index in [4.69, 9.17) is 10.2 Å². The van der Waals surface area contributed by atoms with Crippen LogP contribution in [0.15, 0.2) is 30.3 Å². The average molecular weight is 279 g/mol. The average Bonchev–Trinajstić information content (AvgIpc) is 2.38. The normalized spacial score (nSPS) is 11.6. The molecule has 0 fully saturated rings. The van der Waals surface area contributed by atoms with Gasteiger partial charge in [-0.1, -0.05) is 30.3 Å². The van der Waals surface area contributed by atoms with Crippen molar-refractivity contribution in [1.29, 1.82) is 0 Å². The number of carbonyl (C=O) groups is 3. The summed E-state index contributed by atoms with van der Waals surface area (Å²) in [4.78, 5) is 32.9. The molecule has 20 heavy (non-hydrogen) atoms. The first-order chi connectivity index (χ1) is 9.49. The van der Waals surface area contributed by atoms with Gasteiger partial charge in [0, 0.05) is 12.8 Å². The van der Waals surface area contributed by atoms with Crippen LogP contribution in [-0.4, -0.2) is 28.1 Å². The Morgan fingerprint density at radius 1 is 1.00 bits per heavy atom. The molecule has 1 rings (SSSR count). The number of carboxylic acids is 2. The summed E-state index contributed by atoms with van der Waals surface area (Å²) in [5.41, 5.74) is 0.710. The van der Waals surface area contributed by atoms with Gasteiger partial charge in [-0.05, 0) is 12.0 Å². The number of amides is 1. The van der Waals surface area contributed by atoms with Gasteiger partial charge in [0.1, 0.15) is 0 Å². The van der Waals surface area contributed by atoms with Gasteiger partial charge in [-0.15, -0.1) is 0 Å². The topological polar surface area (TPSA) is 104 Å². The molecule has 0 aliphatic heterocycles. The maximum Gasteiger partial charge on any atom is 0.305 e. The van der Waals surface area contributed by atoms with E-state index in [1.807, 2.05) is 0 Å². The number of nitrogens with one attached hydrogen (secondary N) is 1. The van der Waals surface area contributed by atoms with Crippen LogP contribution < -0.4 is 5.32 Å². The van der Waals surface area contributed by atoms with Crippen molar-refractivity contribution in [2.45, 2.75) is 31.7 Å². The lowest BCUT2D eigenvalue weighted by atomic mass is 10.0. The number of hydrogen-bond acceptors (Lipinski definition) is 3. The van der Waals surface area contributed by atoms with Crippen LogP contribution in [0.2, 0.25) is 0 Å². The molecule has 1 atom stereocenters. The largest absolute Gasteiger partial charge is 0.481 e. The minimum atomic E-state index is -1.01. The fourth-order valence-corrected chi connectivity index (χ4v) is 1.78. The fraction of sp³-hybridized carbons (Fsp3) is 0.357. The van der Waals surface area contributed by atoms with Crippen LogP contribution in [0.4, 0.5) is 0 Å². The van der Waals surface area contributed by atoms with E-state index in [9.17, 15) is 14.4 Å². The highest BCUT2D eigenvalue weighted by molar-refractivity contribution is 5.78. The Balaban J connectivity index is 2.59. The van der Waals surface area contributed by atoms with Crippen molar-refractivity contribution in [1.82, 2.24) is 5.32 Å². The summed E-state index contributed by atoms with van der Waals surface area (Å²) >= 11 is 0. The molecule has 1 unspecified atom stereocenters. The van der Waals surface area contributed by atoms with Gasteiger partial charge in [0.05, 0.1) is 12.5 Å². The number of rotatable bonds is 8. The highest BCUT2D eigenvalue weighted by Gasteiger charge is 2.17. The molecule has 0 bridgehead atoms. The minimum absolute atomic E-state index is 0.0647. The highest BCUT2D eigenvalue weighted by Crippen LogP contribution is 2.16. The quantitative estimate of drug-likeness (QED) is 0.670. The predicted octanol–water partition coefficient (Wildman–Crippen LogP) is 1.57. The lowest BCUT2D eigenvalue weighted by Crippen LogP contribution is -2.30. The Morgan fingerprint density at radius 3 is 2.20 bits per heavy atom. The zero-order chi connectivity index (χ0) is 15.0. The fourth-order valence-electron chi connectivity index (χ4n) is 1.78. The van der Waals surface area contributed by atoms with Gasteiger partial charge in [0.2, 0.25) is 5.91 Å². The highest BCUT2D eigenvalue weighted by atomic mass is 16.4. The van der Waals surface area contributed by atoms with Gasteiger partial charge < -0.3 is 15.5 Å². The molecule has 108 valence electrons. The second-order valence-electron chi connectivity index (χ2n) is 4.38. The van der Waals surface area contributed by atoms with Crippen molar-refractivity contribution >= 4 is 17.8 Å².